The Labute approximate surface area is 179 Å². The molecule has 0 aliphatic carbocycles. The van der Waals surface area contributed by atoms with Gasteiger partial charge in [-0.05, 0) is 64.1 Å². The number of aliphatic hydroxyl groups excluding tert-OH is 1. The highest BCUT2D eigenvalue weighted by molar-refractivity contribution is 5.96. The number of ether oxygens (including phenoxy) is 1. The van der Waals surface area contributed by atoms with E-state index in [-0.39, 0.29) is 22.9 Å². The van der Waals surface area contributed by atoms with E-state index in [0.29, 0.717) is 29.8 Å². The number of pyridine rings is 1. The molecule has 2 N–H and O–H groups in total. The highest BCUT2D eigenvalue weighted by Crippen LogP contribution is 2.34. The minimum Gasteiger partial charge on any atom is -0.508 e. The number of hydrogen-bond donors (Lipinski definition) is 2. The lowest BCUT2D eigenvalue weighted by atomic mass is 9.95. The standard InChI is InChI=1S/C23H26FN3O4/c1-13(28)15-11-26(12-15)20-8-6-17(21(24)25-20)19-10-14-9-16(29)5-7-18(14)27(19)22(30)31-23(2,3)4/h5-10,13,15,28-29H,11-12H2,1-4H3. The van der Waals surface area contributed by atoms with Gasteiger partial charge >= 0.3 is 6.09 Å². The van der Waals surface area contributed by atoms with Crippen LogP contribution in [0.25, 0.3) is 22.2 Å². The number of carbonyl (C=O) groups is 1. The molecule has 1 unspecified atom stereocenters. The first kappa shape index (κ1) is 21.1. The van der Waals surface area contributed by atoms with Crippen molar-refractivity contribution in [2.24, 2.45) is 5.92 Å². The molecule has 31 heavy (non-hydrogen) atoms. The fraction of sp³-hybridized carbons (Fsp3) is 0.391. The van der Waals surface area contributed by atoms with E-state index in [1.54, 1.807) is 52.0 Å². The minimum atomic E-state index is -0.736. The number of aromatic nitrogens is 2. The molecule has 4 rings (SSSR count). The number of aliphatic hydroxyl groups is 1. The van der Waals surface area contributed by atoms with Crippen molar-refractivity contribution in [3.63, 3.8) is 0 Å². The molecular formula is C23H26FN3O4. The maximum Gasteiger partial charge on any atom is 0.419 e. The van der Waals surface area contributed by atoms with Crippen LogP contribution in [0.4, 0.5) is 15.0 Å². The second-order valence-electron chi connectivity index (χ2n) is 9.00. The van der Waals surface area contributed by atoms with E-state index >= 15 is 4.39 Å². The summed E-state index contributed by atoms with van der Waals surface area (Å²) in [4.78, 5) is 18.9. The first-order valence-corrected chi connectivity index (χ1v) is 10.2. The summed E-state index contributed by atoms with van der Waals surface area (Å²) in [5.41, 5.74) is 0.197. The third kappa shape index (κ3) is 4.07. The number of halogens is 1. The van der Waals surface area contributed by atoms with E-state index in [9.17, 15) is 15.0 Å². The van der Waals surface area contributed by atoms with Crippen molar-refractivity contribution in [3.8, 4) is 17.0 Å². The molecule has 1 aliphatic rings. The number of carbonyl (C=O) groups excluding carboxylic acids is 1. The molecule has 0 saturated carbocycles. The molecule has 8 heteroatoms. The molecule has 3 aromatic rings. The fourth-order valence-electron chi connectivity index (χ4n) is 3.70. The minimum absolute atomic E-state index is 0.0415. The topological polar surface area (TPSA) is 87.8 Å². The lowest BCUT2D eigenvalue weighted by molar-refractivity contribution is 0.0547. The number of anilines is 1. The van der Waals surface area contributed by atoms with Crippen molar-refractivity contribution in [2.75, 3.05) is 18.0 Å². The van der Waals surface area contributed by atoms with Gasteiger partial charge in [-0.25, -0.2) is 14.3 Å². The van der Waals surface area contributed by atoms with Crippen LogP contribution in [0.1, 0.15) is 27.7 Å². The Morgan fingerprint density at radius 3 is 2.55 bits per heavy atom. The van der Waals surface area contributed by atoms with Crippen molar-refractivity contribution < 1.29 is 24.1 Å². The van der Waals surface area contributed by atoms with Crippen LogP contribution in [-0.2, 0) is 4.74 Å². The molecule has 0 amide bonds. The van der Waals surface area contributed by atoms with Gasteiger partial charge in [0.15, 0.2) is 0 Å². The largest absolute Gasteiger partial charge is 0.508 e. The summed E-state index contributed by atoms with van der Waals surface area (Å²) in [6, 6.07) is 9.48. The average Bonchev–Trinajstić information content (AvgIpc) is 2.97. The van der Waals surface area contributed by atoms with Crippen LogP contribution in [0, 0.1) is 11.9 Å². The first-order valence-electron chi connectivity index (χ1n) is 10.2. The van der Waals surface area contributed by atoms with Crippen molar-refractivity contribution in [1.82, 2.24) is 9.55 Å². The highest BCUT2D eigenvalue weighted by Gasteiger charge is 2.32. The molecular weight excluding hydrogens is 401 g/mol. The number of phenols is 1. The normalized spacial score (nSPS) is 15.7. The predicted octanol–water partition coefficient (Wildman–Crippen LogP) is 4.15. The maximum absolute atomic E-state index is 15.1. The Morgan fingerprint density at radius 1 is 1.23 bits per heavy atom. The van der Waals surface area contributed by atoms with Crippen LogP contribution < -0.4 is 4.90 Å². The molecule has 164 valence electrons. The lowest BCUT2D eigenvalue weighted by Gasteiger charge is -2.41. The van der Waals surface area contributed by atoms with E-state index in [1.807, 2.05) is 4.90 Å². The van der Waals surface area contributed by atoms with Gasteiger partial charge in [-0.1, -0.05) is 0 Å². The van der Waals surface area contributed by atoms with Crippen LogP contribution >= 0.6 is 0 Å². The number of hydrogen-bond acceptors (Lipinski definition) is 6. The summed E-state index contributed by atoms with van der Waals surface area (Å²) < 4.78 is 21.9. The van der Waals surface area contributed by atoms with E-state index in [1.165, 1.54) is 16.7 Å². The van der Waals surface area contributed by atoms with E-state index in [2.05, 4.69) is 4.98 Å². The Bertz CT molecular complexity index is 1140. The number of rotatable bonds is 3. The maximum atomic E-state index is 15.1. The van der Waals surface area contributed by atoms with E-state index in [0.717, 1.165) is 0 Å². The summed E-state index contributed by atoms with van der Waals surface area (Å²) in [6.45, 7) is 8.24. The third-order valence-corrected chi connectivity index (χ3v) is 5.39. The number of phenolic OH excluding ortho intramolecular Hbond substituents is 1. The molecule has 1 aliphatic heterocycles. The zero-order valence-electron chi connectivity index (χ0n) is 18.0. The Morgan fingerprint density at radius 2 is 1.94 bits per heavy atom. The van der Waals surface area contributed by atoms with Crippen LogP contribution in [0.15, 0.2) is 36.4 Å². The Kier molecular flexibility index (Phi) is 5.13. The smallest absolute Gasteiger partial charge is 0.419 e. The van der Waals surface area contributed by atoms with Gasteiger partial charge < -0.3 is 19.8 Å². The summed E-state index contributed by atoms with van der Waals surface area (Å²) >= 11 is 0. The Hall–Kier alpha value is -3.13. The van der Waals surface area contributed by atoms with E-state index < -0.39 is 23.7 Å². The molecule has 1 saturated heterocycles. The SMILES string of the molecule is CC(O)C1CN(c2ccc(-c3cc4cc(O)ccc4n3C(=O)OC(C)(C)C)c(F)n2)C1. The quantitative estimate of drug-likeness (QED) is 0.611. The lowest BCUT2D eigenvalue weighted by Crippen LogP contribution is -2.51. The average molecular weight is 427 g/mol. The van der Waals surface area contributed by atoms with Crippen molar-refractivity contribution in [2.45, 2.75) is 39.4 Å². The van der Waals surface area contributed by atoms with Gasteiger partial charge in [0.25, 0.3) is 0 Å². The Balaban J connectivity index is 1.75. The summed E-state index contributed by atoms with van der Waals surface area (Å²) in [6.07, 6.45) is -1.06. The molecule has 2 aromatic heterocycles. The fourth-order valence-corrected chi connectivity index (χ4v) is 3.70. The van der Waals surface area contributed by atoms with Gasteiger partial charge in [-0.15, -0.1) is 0 Å². The summed E-state index contributed by atoms with van der Waals surface area (Å²) in [7, 11) is 0. The van der Waals surface area contributed by atoms with Gasteiger partial charge in [-0.2, -0.15) is 4.39 Å². The molecule has 1 atom stereocenters. The number of aromatic hydroxyl groups is 1. The first-order chi connectivity index (χ1) is 14.5. The molecule has 0 radical (unpaired) electrons. The summed E-state index contributed by atoms with van der Waals surface area (Å²) in [5, 5.41) is 20.1. The van der Waals surface area contributed by atoms with Crippen LogP contribution in [-0.4, -0.2) is 50.7 Å². The molecule has 7 nitrogen and oxygen atoms in total. The summed E-state index contributed by atoms with van der Waals surface area (Å²) in [5.74, 6) is -0.0442. The van der Waals surface area contributed by atoms with Crippen LogP contribution in [0.3, 0.4) is 0 Å². The number of fused-ring (bicyclic) bond motifs is 1. The zero-order chi connectivity index (χ0) is 22.5. The molecule has 0 bridgehead atoms. The van der Waals surface area contributed by atoms with Crippen molar-refractivity contribution in [3.05, 3.63) is 42.3 Å². The molecule has 1 aromatic carbocycles. The van der Waals surface area contributed by atoms with Crippen molar-refractivity contribution >= 4 is 22.8 Å². The van der Waals surface area contributed by atoms with E-state index in [4.69, 9.17) is 4.74 Å². The zero-order valence-corrected chi connectivity index (χ0v) is 18.0. The predicted molar refractivity (Wildman–Crippen MR) is 116 cm³/mol. The van der Waals surface area contributed by atoms with Gasteiger partial charge in [0, 0.05) is 24.4 Å². The number of nitrogens with zero attached hydrogens (tertiary/aromatic N) is 3. The molecule has 1 fully saturated rings. The van der Waals surface area contributed by atoms with Crippen LogP contribution in [0.2, 0.25) is 0 Å². The monoisotopic (exact) mass is 427 g/mol. The molecule has 3 heterocycles. The van der Waals surface area contributed by atoms with Crippen LogP contribution in [0.5, 0.6) is 5.75 Å². The van der Waals surface area contributed by atoms with Gasteiger partial charge in [0.2, 0.25) is 5.95 Å². The third-order valence-electron chi connectivity index (χ3n) is 5.39. The number of benzene rings is 1. The highest BCUT2D eigenvalue weighted by atomic mass is 19.1. The van der Waals surface area contributed by atoms with Crippen molar-refractivity contribution in [1.29, 1.82) is 0 Å². The second-order valence-corrected chi connectivity index (χ2v) is 9.00. The van der Waals surface area contributed by atoms with Gasteiger partial charge in [-0.3, -0.25) is 0 Å². The second kappa shape index (κ2) is 7.53. The van der Waals surface area contributed by atoms with Gasteiger partial charge in [0.05, 0.1) is 22.9 Å². The molecule has 0 spiro atoms. The van der Waals surface area contributed by atoms with Gasteiger partial charge in [0.1, 0.15) is 17.2 Å².